The van der Waals surface area contributed by atoms with Crippen molar-refractivity contribution in [2.24, 2.45) is 11.8 Å². The molecule has 5 heteroatoms. The molecule has 0 bridgehead atoms. The number of aromatic nitrogens is 2. The van der Waals surface area contributed by atoms with E-state index in [0.717, 1.165) is 43.8 Å². The summed E-state index contributed by atoms with van der Waals surface area (Å²) in [6.07, 6.45) is 5.52. The molecule has 0 saturated carbocycles. The van der Waals surface area contributed by atoms with Crippen LogP contribution in [0.25, 0.3) is 0 Å². The van der Waals surface area contributed by atoms with Gasteiger partial charge in [-0.2, -0.15) is 5.10 Å². The van der Waals surface area contributed by atoms with Gasteiger partial charge in [-0.05, 0) is 48.8 Å². The van der Waals surface area contributed by atoms with Crippen LogP contribution in [0, 0.1) is 11.8 Å². The predicted molar refractivity (Wildman–Crippen MR) is 89.3 cm³/mol. The van der Waals surface area contributed by atoms with Crippen molar-refractivity contribution in [2.75, 3.05) is 13.1 Å². The fourth-order valence-electron chi connectivity index (χ4n) is 3.74. The summed E-state index contributed by atoms with van der Waals surface area (Å²) >= 11 is 6.22. The van der Waals surface area contributed by atoms with Gasteiger partial charge < -0.3 is 4.90 Å². The maximum atomic E-state index is 12.6. The Labute approximate surface area is 140 Å². The van der Waals surface area contributed by atoms with E-state index in [1.54, 1.807) is 0 Å². The molecular weight excluding hydrogens is 310 g/mol. The van der Waals surface area contributed by atoms with Crippen LogP contribution in [0.3, 0.4) is 0 Å². The highest BCUT2D eigenvalue weighted by atomic mass is 35.5. The van der Waals surface area contributed by atoms with Gasteiger partial charge >= 0.3 is 0 Å². The van der Waals surface area contributed by atoms with Crippen LogP contribution in [0.5, 0.6) is 0 Å². The molecule has 1 aliphatic heterocycles. The first-order valence-electron chi connectivity index (χ1n) is 8.24. The van der Waals surface area contributed by atoms with E-state index in [-0.39, 0.29) is 5.92 Å². The molecule has 1 fully saturated rings. The number of fused-ring (bicyclic) bond motifs is 1. The van der Waals surface area contributed by atoms with Crippen molar-refractivity contribution in [1.82, 2.24) is 15.1 Å². The lowest BCUT2D eigenvalue weighted by molar-refractivity contribution is -0.142. The van der Waals surface area contributed by atoms with Crippen LogP contribution in [0.1, 0.15) is 23.2 Å². The Hall–Kier alpha value is -1.81. The molecule has 1 aliphatic carbocycles. The van der Waals surface area contributed by atoms with Gasteiger partial charge in [0.25, 0.3) is 0 Å². The minimum atomic E-state index is 0.126. The summed E-state index contributed by atoms with van der Waals surface area (Å²) in [6, 6.07) is 7.99. The first-order chi connectivity index (χ1) is 11.2. The zero-order valence-corrected chi connectivity index (χ0v) is 13.7. The number of rotatable bonds is 3. The highest BCUT2D eigenvalue weighted by Gasteiger charge is 2.36. The topological polar surface area (TPSA) is 49.0 Å². The number of nitrogens with zero attached hydrogens (tertiary/aromatic N) is 2. The SMILES string of the molecule is O=C(C1CCc2[nH]ncc2C1)N1CC(Cc2ccccc2Cl)C1. The molecule has 1 aromatic heterocycles. The lowest BCUT2D eigenvalue weighted by Crippen LogP contribution is -2.53. The number of amides is 1. The molecular formula is C18H20ClN3O. The van der Waals surface area contributed by atoms with Crippen molar-refractivity contribution in [3.05, 3.63) is 52.3 Å². The number of nitrogens with one attached hydrogen (secondary N) is 1. The molecule has 0 radical (unpaired) electrons. The zero-order valence-electron chi connectivity index (χ0n) is 13.0. The van der Waals surface area contributed by atoms with Gasteiger partial charge in [-0.1, -0.05) is 29.8 Å². The van der Waals surface area contributed by atoms with Crippen molar-refractivity contribution in [3.8, 4) is 0 Å². The molecule has 4 rings (SSSR count). The molecule has 120 valence electrons. The fraction of sp³-hybridized carbons (Fsp3) is 0.444. The highest BCUT2D eigenvalue weighted by molar-refractivity contribution is 6.31. The molecule has 1 saturated heterocycles. The van der Waals surface area contributed by atoms with Crippen LogP contribution in [0.2, 0.25) is 5.02 Å². The second-order valence-corrected chi connectivity index (χ2v) is 7.13. The lowest BCUT2D eigenvalue weighted by atomic mass is 9.84. The summed E-state index contributed by atoms with van der Waals surface area (Å²) < 4.78 is 0. The smallest absolute Gasteiger partial charge is 0.226 e. The van der Waals surface area contributed by atoms with Gasteiger partial charge in [0.2, 0.25) is 5.91 Å². The van der Waals surface area contributed by atoms with Gasteiger partial charge in [0.05, 0.1) is 6.20 Å². The molecule has 1 atom stereocenters. The van der Waals surface area contributed by atoms with E-state index < -0.39 is 0 Å². The predicted octanol–water partition coefficient (Wildman–Crippen LogP) is 2.87. The maximum absolute atomic E-state index is 12.6. The Morgan fingerprint density at radius 1 is 1.35 bits per heavy atom. The van der Waals surface area contributed by atoms with E-state index in [0.29, 0.717) is 11.8 Å². The monoisotopic (exact) mass is 329 g/mol. The summed E-state index contributed by atoms with van der Waals surface area (Å²) in [7, 11) is 0. The zero-order chi connectivity index (χ0) is 15.8. The van der Waals surface area contributed by atoms with E-state index in [9.17, 15) is 4.79 Å². The second kappa shape index (κ2) is 6.00. The van der Waals surface area contributed by atoms with Crippen LogP contribution in [-0.4, -0.2) is 34.1 Å². The van der Waals surface area contributed by atoms with Crippen LogP contribution >= 0.6 is 11.6 Å². The third kappa shape index (κ3) is 2.88. The molecule has 2 heterocycles. The van der Waals surface area contributed by atoms with Gasteiger partial charge in [-0.25, -0.2) is 0 Å². The minimum Gasteiger partial charge on any atom is -0.342 e. The Morgan fingerprint density at radius 2 is 2.17 bits per heavy atom. The summed E-state index contributed by atoms with van der Waals surface area (Å²) in [5.74, 6) is 0.973. The van der Waals surface area contributed by atoms with Gasteiger partial charge in [-0.15, -0.1) is 0 Å². The minimum absolute atomic E-state index is 0.126. The number of aromatic amines is 1. The average Bonchev–Trinajstić information content (AvgIpc) is 2.99. The van der Waals surface area contributed by atoms with Crippen molar-refractivity contribution in [3.63, 3.8) is 0 Å². The van der Waals surface area contributed by atoms with Gasteiger partial charge in [0.15, 0.2) is 0 Å². The molecule has 2 aliphatic rings. The second-order valence-electron chi connectivity index (χ2n) is 6.72. The van der Waals surface area contributed by atoms with Crippen LogP contribution < -0.4 is 0 Å². The molecule has 1 aromatic carbocycles. The Bertz CT molecular complexity index is 721. The van der Waals surface area contributed by atoms with Crippen molar-refractivity contribution in [1.29, 1.82) is 0 Å². The number of likely N-dealkylation sites (tertiary alicyclic amines) is 1. The highest BCUT2D eigenvalue weighted by Crippen LogP contribution is 2.30. The first-order valence-corrected chi connectivity index (χ1v) is 8.62. The number of hydrogen-bond acceptors (Lipinski definition) is 2. The van der Waals surface area contributed by atoms with E-state index in [1.165, 1.54) is 16.8 Å². The number of carbonyl (C=O) groups is 1. The third-order valence-corrected chi connectivity index (χ3v) is 5.47. The molecule has 1 N–H and O–H groups in total. The third-order valence-electron chi connectivity index (χ3n) is 5.10. The maximum Gasteiger partial charge on any atom is 0.226 e. The van der Waals surface area contributed by atoms with Crippen molar-refractivity contribution >= 4 is 17.5 Å². The summed E-state index contributed by atoms with van der Waals surface area (Å²) in [4.78, 5) is 14.7. The number of benzene rings is 1. The number of hydrogen-bond donors (Lipinski definition) is 1. The van der Waals surface area contributed by atoms with Gasteiger partial charge in [0.1, 0.15) is 0 Å². The number of halogens is 1. The van der Waals surface area contributed by atoms with Crippen molar-refractivity contribution in [2.45, 2.75) is 25.7 Å². The van der Waals surface area contributed by atoms with E-state index in [2.05, 4.69) is 16.3 Å². The normalized spacial score (nSPS) is 20.9. The lowest BCUT2D eigenvalue weighted by Gasteiger charge is -2.42. The standard InChI is InChI=1S/C18H20ClN3O/c19-16-4-2-1-3-13(16)7-12-10-22(11-12)18(23)14-5-6-17-15(8-14)9-20-21-17/h1-4,9,12,14H,5-8,10-11H2,(H,20,21). The van der Waals surface area contributed by atoms with Crippen LogP contribution in [0.4, 0.5) is 0 Å². The van der Waals surface area contributed by atoms with Crippen LogP contribution in [0.15, 0.2) is 30.5 Å². The van der Waals surface area contributed by atoms with E-state index in [4.69, 9.17) is 11.6 Å². The first kappa shape index (κ1) is 14.8. The molecule has 2 aromatic rings. The van der Waals surface area contributed by atoms with Crippen molar-refractivity contribution < 1.29 is 4.79 Å². The largest absolute Gasteiger partial charge is 0.342 e. The fourth-order valence-corrected chi connectivity index (χ4v) is 3.95. The summed E-state index contributed by atoms with van der Waals surface area (Å²) in [6.45, 7) is 1.72. The average molecular weight is 330 g/mol. The van der Waals surface area contributed by atoms with Gasteiger partial charge in [-0.3, -0.25) is 9.89 Å². The summed E-state index contributed by atoms with van der Waals surface area (Å²) in [5.41, 5.74) is 3.60. The Balaban J connectivity index is 1.32. The molecule has 1 amide bonds. The Morgan fingerprint density at radius 3 is 3.00 bits per heavy atom. The molecule has 1 unspecified atom stereocenters. The van der Waals surface area contributed by atoms with E-state index in [1.807, 2.05) is 29.3 Å². The van der Waals surface area contributed by atoms with Crippen LogP contribution in [-0.2, 0) is 24.1 Å². The summed E-state index contributed by atoms with van der Waals surface area (Å²) in [5, 5.41) is 7.94. The molecule has 4 nitrogen and oxygen atoms in total. The Kier molecular flexibility index (Phi) is 3.85. The van der Waals surface area contributed by atoms with E-state index >= 15 is 0 Å². The number of aryl methyl sites for hydroxylation is 1. The van der Waals surface area contributed by atoms with Gasteiger partial charge in [0, 0.05) is 29.7 Å². The molecule has 0 spiro atoms. The molecule has 23 heavy (non-hydrogen) atoms. The number of carbonyl (C=O) groups excluding carboxylic acids is 1. The quantitative estimate of drug-likeness (QED) is 0.941. The number of H-pyrrole nitrogens is 1.